The first-order chi connectivity index (χ1) is 22.9. The minimum absolute atomic E-state index is 0.123. The normalized spacial score (nSPS) is 13.5. The van der Waals surface area contributed by atoms with Crippen molar-refractivity contribution in [1.82, 2.24) is 4.90 Å². The molecule has 0 unspecified atom stereocenters. The van der Waals surface area contributed by atoms with Crippen LogP contribution in [0.1, 0.15) is 181 Å². The van der Waals surface area contributed by atoms with E-state index < -0.39 is 10.4 Å². The largest absolute Gasteiger partial charge is 0.400 e. The van der Waals surface area contributed by atoms with E-state index in [1.165, 1.54) is 116 Å². The molecule has 0 aromatic carbocycles. The molecule has 0 aromatic heterocycles. The fourth-order valence-electron chi connectivity index (χ4n) is 5.48. The Kier molecular flexibility index (Phi) is 35.2. The number of likely N-dealkylation sites (N-methyl/N-ethyl adjacent to an activating group) is 1. The third-order valence-electron chi connectivity index (χ3n) is 8.47. The Hall–Kier alpha value is -1.21. The van der Waals surface area contributed by atoms with Crippen molar-refractivity contribution in [2.24, 2.45) is 0 Å². The molecule has 0 aliphatic heterocycles. The molecule has 0 atom stereocenters. The standard InChI is InChI=1S/C41H77NO4S/c1-5-7-9-11-13-15-17-19-21-23-25-27-29-31-33-35-37-41(46-47(43,44)45-40-39-42(3)4)38-36-34-32-30-28-26-24-22-20-18-16-14-12-10-8-6-2/h13-16,19-22,41H,5-12,17-18,23-40H2,1-4H3. The van der Waals surface area contributed by atoms with Crippen molar-refractivity contribution < 1.29 is 16.8 Å². The predicted octanol–water partition coefficient (Wildman–Crippen LogP) is 12.6. The predicted molar refractivity (Wildman–Crippen MR) is 206 cm³/mol. The van der Waals surface area contributed by atoms with Crippen LogP contribution in [-0.2, 0) is 18.8 Å². The number of hydrogen-bond donors (Lipinski definition) is 0. The van der Waals surface area contributed by atoms with Gasteiger partial charge in [-0.15, -0.1) is 0 Å². The van der Waals surface area contributed by atoms with Crippen LogP contribution in [0, 0.1) is 0 Å². The molecule has 0 N–H and O–H groups in total. The van der Waals surface area contributed by atoms with Gasteiger partial charge < -0.3 is 4.90 Å². The summed E-state index contributed by atoms with van der Waals surface area (Å²) in [6, 6.07) is 0. The average Bonchev–Trinajstić information content (AvgIpc) is 3.03. The van der Waals surface area contributed by atoms with Gasteiger partial charge in [0, 0.05) is 6.54 Å². The Morgan fingerprint density at radius 1 is 0.511 bits per heavy atom. The number of unbranched alkanes of at least 4 members (excludes halogenated alkanes) is 18. The first-order valence-corrected chi connectivity index (χ1v) is 21.1. The molecule has 0 heterocycles. The smallest absolute Gasteiger partial charge is 0.307 e. The minimum Gasteiger partial charge on any atom is -0.307 e. The van der Waals surface area contributed by atoms with Crippen molar-refractivity contribution in [3.63, 3.8) is 0 Å². The summed E-state index contributed by atoms with van der Waals surface area (Å²) in [4.78, 5) is 1.90. The molecule has 0 rings (SSSR count). The number of nitrogens with zero attached hydrogens (tertiary/aromatic N) is 1. The Morgan fingerprint density at radius 2 is 0.872 bits per heavy atom. The second-order valence-corrected chi connectivity index (χ2v) is 14.7. The van der Waals surface area contributed by atoms with Crippen molar-refractivity contribution in [2.75, 3.05) is 27.2 Å². The number of hydrogen-bond acceptors (Lipinski definition) is 5. The molecule has 6 heteroatoms. The van der Waals surface area contributed by atoms with Gasteiger partial charge in [-0.05, 0) is 91.1 Å². The third-order valence-corrected chi connectivity index (χ3v) is 9.44. The zero-order valence-electron chi connectivity index (χ0n) is 31.5. The van der Waals surface area contributed by atoms with Crippen molar-refractivity contribution >= 4 is 10.4 Å². The summed E-state index contributed by atoms with van der Waals surface area (Å²) >= 11 is 0. The maximum absolute atomic E-state index is 12.5. The molecule has 0 amide bonds. The van der Waals surface area contributed by atoms with Crippen molar-refractivity contribution in [2.45, 2.75) is 187 Å². The Bertz CT molecular complexity index is 815. The van der Waals surface area contributed by atoms with Gasteiger partial charge in [0.1, 0.15) is 0 Å². The Labute approximate surface area is 294 Å². The maximum atomic E-state index is 12.5. The fraction of sp³-hybridized carbons (Fsp3) is 0.805. The van der Waals surface area contributed by atoms with Crippen LogP contribution in [0.3, 0.4) is 0 Å². The molecule has 0 bridgehead atoms. The first kappa shape index (κ1) is 45.8. The Balaban J connectivity index is 4.15. The summed E-state index contributed by atoms with van der Waals surface area (Å²) < 4.78 is 35.7. The van der Waals surface area contributed by atoms with Crippen LogP contribution in [-0.4, -0.2) is 46.7 Å². The van der Waals surface area contributed by atoms with E-state index in [0.29, 0.717) is 6.54 Å². The lowest BCUT2D eigenvalue weighted by Crippen LogP contribution is -2.24. The monoisotopic (exact) mass is 680 g/mol. The average molecular weight is 680 g/mol. The SMILES string of the molecule is CCCCCC=CCC=CCCCCCCCCC(CCCCCCCCC=CCC=CCCCCC)OS(=O)(=O)OCCN(C)C. The maximum Gasteiger partial charge on any atom is 0.400 e. The fourth-order valence-corrected chi connectivity index (χ4v) is 6.34. The van der Waals surface area contributed by atoms with E-state index in [-0.39, 0.29) is 12.7 Å². The molecular formula is C41H77NO4S. The molecule has 5 nitrogen and oxygen atoms in total. The van der Waals surface area contributed by atoms with E-state index in [0.717, 1.165) is 51.4 Å². The van der Waals surface area contributed by atoms with E-state index in [1.54, 1.807) is 0 Å². The minimum atomic E-state index is -3.97. The van der Waals surface area contributed by atoms with Gasteiger partial charge in [-0.2, -0.15) is 8.42 Å². The van der Waals surface area contributed by atoms with Gasteiger partial charge in [0.05, 0.1) is 12.7 Å². The highest BCUT2D eigenvalue weighted by molar-refractivity contribution is 7.81. The molecular weight excluding hydrogens is 603 g/mol. The van der Waals surface area contributed by atoms with Gasteiger partial charge in [0.15, 0.2) is 0 Å². The van der Waals surface area contributed by atoms with Crippen LogP contribution in [0.2, 0.25) is 0 Å². The van der Waals surface area contributed by atoms with Gasteiger partial charge in [0.2, 0.25) is 0 Å². The summed E-state index contributed by atoms with van der Waals surface area (Å²) in [6.07, 6.45) is 48.7. The van der Waals surface area contributed by atoms with Gasteiger partial charge in [-0.3, -0.25) is 0 Å². The molecule has 0 aliphatic rings. The van der Waals surface area contributed by atoms with Crippen LogP contribution in [0.5, 0.6) is 0 Å². The summed E-state index contributed by atoms with van der Waals surface area (Å²) in [5, 5.41) is 0. The molecule has 0 fully saturated rings. The van der Waals surface area contributed by atoms with Gasteiger partial charge in [-0.25, -0.2) is 8.37 Å². The van der Waals surface area contributed by atoms with E-state index >= 15 is 0 Å². The summed E-state index contributed by atoms with van der Waals surface area (Å²) in [7, 11) is -0.169. The van der Waals surface area contributed by atoms with Crippen molar-refractivity contribution in [1.29, 1.82) is 0 Å². The van der Waals surface area contributed by atoms with Crippen LogP contribution in [0.25, 0.3) is 0 Å². The summed E-state index contributed by atoms with van der Waals surface area (Å²) in [5.41, 5.74) is 0. The quantitative estimate of drug-likeness (QED) is 0.0487. The van der Waals surface area contributed by atoms with Crippen LogP contribution in [0.15, 0.2) is 48.6 Å². The summed E-state index contributed by atoms with van der Waals surface area (Å²) in [6.45, 7) is 5.17. The third kappa shape index (κ3) is 37.5. The topological polar surface area (TPSA) is 55.8 Å². The van der Waals surface area contributed by atoms with Crippen molar-refractivity contribution in [3.05, 3.63) is 48.6 Å². The lowest BCUT2D eigenvalue weighted by atomic mass is 10.0. The highest BCUT2D eigenvalue weighted by Crippen LogP contribution is 2.19. The second kappa shape index (κ2) is 36.1. The highest BCUT2D eigenvalue weighted by atomic mass is 32.3. The zero-order chi connectivity index (χ0) is 34.5. The van der Waals surface area contributed by atoms with Crippen molar-refractivity contribution in [3.8, 4) is 0 Å². The molecule has 0 aliphatic carbocycles. The van der Waals surface area contributed by atoms with Crippen LogP contribution < -0.4 is 0 Å². The zero-order valence-corrected chi connectivity index (χ0v) is 32.3. The van der Waals surface area contributed by atoms with Crippen LogP contribution in [0.4, 0.5) is 0 Å². The van der Waals surface area contributed by atoms with Crippen LogP contribution >= 0.6 is 0 Å². The van der Waals surface area contributed by atoms with E-state index in [2.05, 4.69) is 62.5 Å². The molecule has 0 radical (unpaired) electrons. The molecule has 0 saturated carbocycles. The lowest BCUT2D eigenvalue weighted by molar-refractivity contribution is 0.133. The van der Waals surface area contributed by atoms with Gasteiger partial charge >= 0.3 is 10.4 Å². The van der Waals surface area contributed by atoms with Gasteiger partial charge in [-0.1, -0.05) is 152 Å². The molecule has 47 heavy (non-hydrogen) atoms. The molecule has 0 aromatic rings. The van der Waals surface area contributed by atoms with E-state index in [4.69, 9.17) is 8.37 Å². The molecule has 0 saturated heterocycles. The Morgan fingerprint density at radius 3 is 1.26 bits per heavy atom. The van der Waals surface area contributed by atoms with E-state index in [1.807, 2.05) is 19.0 Å². The number of rotatable bonds is 36. The number of allylic oxidation sites excluding steroid dienone is 8. The lowest BCUT2D eigenvalue weighted by Gasteiger charge is -2.18. The highest BCUT2D eigenvalue weighted by Gasteiger charge is 2.20. The van der Waals surface area contributed by atoms with E-state index in [9.17, 15) is 8.42 Å². The second-order valence-electron chi connectivity index (χ2n) is 13.5. The first-order valence-electron chi connectivity index (χ1n) is 19.7. The molecule has 0 spiro atoms. The van der Waals surface area contributed by atoms with Gasteiger partial charge in [0.25, 0.3) is 0 Å². The molecule has 276 valence electrons. The summed E-state index contributed by atoms with van der Waals surface area (Å²) in [5.74, 6) is 0.